The van der Waals surface area contributed by atoms with Crippen molar-refractivity contribution in [3.8, 4) is 5.75 Å². The molecule has 0 aliphatic carbocycles. The zero-order chi connectivity index (χ0) is 20.5. The number of amides is 1. The predicted octanol–water partition coefficient (Wildman–Crippen LogP) is 3.50. The first-order valence-electron chi connectivity index (χ1n) is 8.80. The number of carbonyl (C=O) groups is 2. The number of non-ortho nitro benzene ring substituents is 1. The van der Waals surface area contributed by atoms with Crippen molar-refractivity contribution < 1.29 is 24.0 Å². The number of hydrogen-bond acceptors (Lipinski definition) is 7. The van der Waals surface area contributed by atoms with Gasteiger partial charge in [-0.25, -0.2) is 4.79 Å². The molecular weight excluding hydrogens is 396 g/mol. The predicted molar refractivity (Wildman–Crippen MR) is 105 cm³/mol. The molecule has 2 heterocycles. The summed E-state index contributed by atoms with van der Waals surface area (Å²) in [6, 6.07) is 13.1. The summed E-state index contributed by atoms with van der Waals surface area (Å²) in [6.45, 7) is 1.88. The molecule has 2 aliphatic heterocycles. The van der Waals surface area contributed by atoms with E-state index in [4.69, 9.17) is 9.47 Å². The molecule has 8 nitrogen and oxygen atoms in total. The normalized spacial score (nSPS) is 17.6. The van der Waals surface area contributed by atoms with E-state index >= 15 is 0 Å². The van der Waals surface area contributed by atoms with Gasteiger partial charge in [-0.3, -0.25) is 19.8 Å². The number of rotatable bonds is 6. The summed E-state index contributed by atoms with van der Waals surface area (Å²) in [5.74, 6) is -0.269. The van der Waals surface area contributed by atoms with E-state index < -0.39 is 10.9 Å². The van der Waals surface area contributed by atoms with Crippen LogP contribution in [0.3, 0.4) is 0 Å². The van der Waals surface area contributed by atoms with Gasteiger partial charge in [0, 0.05) is 12.1 Å². The molecule has 1 saturated heterocycles. The minimum absolute atomic E-state index is 0.0437. The molecule has 148 valence electrons. The van der Waals surface area contributed by atoms with E-state index in [-0.39, 0.29) is 29.3 Å². The van der Waals surface area contributed by atoms with Gasteiger partial charge in [0.1, 0.15) is 12.4 Å². The summed E-state index contributed by atoms with van der Waals surface area (Å²) in [5.41, 5.74) is 1.73. The molecule has 9 heteroatoms. The molecule has 2 aliphatic rings. The van der Waals surface area contributed by atoms with Crippen molar-refractivity contribution in [3.63, 3.8) is 0 Å². The molecular formula is C20H16N2O6S. The smallest absolute Gasteiger partial charge is 0.359 e. The molecule has 0 aromatic heterocycles. The quantitative estimate of drug-likeness (QED) is 0.310. The van der Waals surface area contributed by atoms with Gasteiger partial charge >= 0.3 is 5.97 Å². The van der Waals surface area contributed by atoms with Crippen molar-refractivity contribution in [2.45, 2.75) is 25.3 Å². The lowest BCUT2D eigenvalue weighted by atomic mass is 10.2. The Morgan fingerprint density at radius 2 is 1.90 bits per heavy atom. The van der Waals surface area contributed by atoms with Crippen LogP contribution in [0.5, 0.6) is 5.75 Å². The monoisotopic (exact) mass is 412 g/mol. The second-order valence-corrected chi connectivity index (χ2v) is 7.74. The van der Waals surface area contributed by atoms with Crippen molar-refractivity contribution in [2.75, 3.05) is 0 Å². The Hall–Kier alpha value is -3.33. The molecule has 1 atom stereocenters. The van der Waals surface area contributed by atoms with Gasteiger partial charge in [0.05, 0.1) is 16.7 Å². The van der Waals surface area contributed by atoms with Crippen LogP contribution in [0.15, 0.2) is 59.3 Å². The Kier molecular flexibility index (Phi) is 4.98. The summed E-state index contributed by atoms with van der Waals surface area (Å²) < 4.78 is 11.2. The lowest BCUT2D eigenvalue weighted by Crippen LogP contribution is -2.48. The molecule has 1 unspecified atom stereocenters. The van der Waals surface area contributed by atoms with E-state index in [2.05, 4.69) is 0 Å². The average molecular weight is 412 g/mol. The number of hydrogen-bond donors (Lipinski definition) is 0. The number of esters is 1. The number of β-lactam (4-membered cyclic amide) rings is 1. The molecule has 1 fully saturated rings. The average Bonchev–Trinajstić information content (AvgIpc) is 3.00. The van der Waals surface area contributed by atoms with Gasteiger partial charge in [0.15, 0.2) is 10.8 Å². The van der Waals surface area contributed by atoms with Gasteiger partial charge in [-0.2, -0.15) is 0 Å². The molecule has 0 bridgehead atoms. The molecule has 4 rings (SSSR count). The number of nitrogens with zero attached hydrogens (tertiary/aromatic N) is 2. The standard InChI is InChI=1S/C20H16N2O6S/c1-12-2-8-15(9-3-12)28-20-18(21-16(23)10-17(21)29-20)19(24)27-11-13-4-6-14(7-5-13)22(25)26/h2-9,17H,10-11H2,1H3. The second-order valence-electron chi connectivity index (χ2n) is 6.59. The van der Waals surface area contributed by atoms with Crippen LogP contribution in [-0.2, 0) is 20.9 Å². The second kappa shape index (κ2) is 7.59. The van der Waals surface area contributed by atoms with Crippen LogP contribution in [0.2, 0.25) is 0 Å². The third-order valence-electron chi connectivity index (χ3n) is 4.53. The Morgan fingerprint density at radius 1 is 1.21 bits per heavy atom. The van der Waals surface area contributed by atoms with Crippen LogP contribution >= 0.6 is 11.8 Å². The Labute approximate surface area is 170 Å². The minimum atomic E-state index is -0.673. The van der Waals surface area contributed by atoms with Gasteiger partial charge in [-0.05, 0) is 36.8 Å². The molecule has 29 heavy (non-hydrogen) atoms. The van der Waals surface area contributed by atoms with Crippen molar-refractivity contribution >= 4 is 29.3 Å². The van der Waals surface area contributed by atoms with Crippen molar-refractivity contribution in [1.29, 1.82) is 0 Å². The summed E-state index contributed by atoms with van der Waals surface area (Å²) in [7, 11) is 0. The van der Waals surface area contributed by atoms with E-state index in [0.717, 1.165) is 5.56 Å². The van der Waals surface area contributed by atoms with E-state index in [9.17, 15) is 19.7 Å². The summed E-state index contributed by atoms with van der Waals surface area (Å²) in [6.07, 6.45) is 0.338. The Bertz CT molecular complexity index is 1020. The molecule has 2 aromatic rings. The third-order valence-corrected chi connectivity index (χ3v) is 5.67. The SMILES string of the molecule is Cc1ccc(OC2=C(C(=O)OCc3ccc([N+](=O)[O-])cc3)N3C(=O)CC3S2)cc1. The first-order chi connectivity index (χ1) is 13.9. The first-order valence-corrected chi connectivity index (χ1v) is 9.68. The maximum atomic E-state index is 12.7. The summed E-state index contributed by atoms with van der Waals surface area (Å²) >= 11 is 1.31. The topological polar surface area (TPSA) is 99.0 Å². The fraction of sp³-hybridized carbons (Fsp3) is 0.200. The number of carbonyl (C=O) groups excluding carboxylic acids is 2. The number of benzene rings is 2. The largest absolute Gasteiger partial charge is 0.456 e. The van der Waals surface area contributed by atoms with E-state index in [1.54, 1.807) is 12.1 Å². The number of nitro groups is 1. The van der Waals surface area contributed by atoms with Gasteiger partial charge in [-0.1, -0.05) is 29.5 Å². The summed E-state index contributed by atoms with van der Waals surface area (Å²) in [4.78, 5) is 36.3. The maximum absolute atomic E-state index is 12.7. The third kappa shape index (κ3) is 3.81. The Balaban J connectivity index is 1.50. The highest BCUT2D eigenvalue weighted by atomic mass is 32.2. The zero-order valence-electron chi connectivity index (χ0n) is 15.4. The molecule has 1 amide bonds. The van der Waals surface area contributed by atoms with Crippen LogP contribution in [0.25, 0.3) is 0 Å². The van der Waals surface area contributed by atoms with Crippen LogP contribution in [-0.4, -0.2) is 27.1 Å². The lowest BCUT2D eigenvalue weighted by Gasteiger charge is -2.33. The van der Waals surface area contributed by atoms with Gasteiger partial charge < -0.3 is 9.47 Å². The van der Waals surface area contributed by atoms with Crippen LogP contribution in [0.1, 0.15) is 17.5 Å². The lowest BCUT2D eigenvalue weighted by molar-refractivity contribution is -0.384. The molecule has 2 aromatic carbocycles. The highest BCUT2D eigenvalue weighted by Crippen LogP contribution is 2.47. The number of fused-ring (bicyclic) bond motifs is 1. The van der Waals surface area contributed by atoms with E-state index in [0.29, 0.717) is 22.8 Å². The maximum Gasteiger partial charge on any atom is 0.359 e. The van der Waals surface area contributed by atoms with E-state index in [1.807, 2.05) is 19.1 Å². The molecule has 0 saturated carbocycles. The highest BCUT2D eigenvalue weighted by Gasteiger charge is 2.50. The van der Waals surface area contributed by atoms with Gasteiger partial charge in [-0.15, -0.1) is 0 Å². The van der Waals surface area contributed by atoms with Crippen molar-refractivity contribution in [2.24, 2.45) is 0 Å². The molecule has 0 N–H and O–H groups in total. The fourth-order valence-electron chi connectivity index (χ4n) is 2.93. The first kappa shape index (κ1) is 19.0. The van der Waals surface area contributed by atoms with Gasteiger partial charge in [0.2, 0.25) is 5.91 Å². The molecule has 0 radical (unpaired) electrons. The minimum Gasteiger partial charge on any atom is -0.456 e. The van der Waals surface area contributed by atoms with Crippen molar-refractivity contribution in [1.82, 2.24) is 4.90 Å². The number of ether oxygens (including phenoxy) is 2. The fourth-order valence-corrected chi connectivity index (χ4v) is 4.17. The zero-order valence-corrected chi connectivity index (χ0v) is 16.2. The van der Waals surface area contributed by atoms with Crippen LogP contribution in [0.4, 0.5) is 5.69 Å². The number of thioether (sulfide) groups is 1. The number of aryl methyl sites for hydroxylation is 1. The molecule has 0 spiro atoms. The summed E-state index contributed by atoms with van der Waals surface area (Å²) in [5, 5.41) is 10.9. The number of nitro benzene ring substituents is 1. The Morgan fingerprint density at radius 3 is 2.52 bits per heavy atom. The van der Waals surface area contributed by atoms with E-state index in [1.165, 1.54) is 40.9 Å². The highest BCUT2D eigenvalue weighted by molar-refractivity contribution is 8.03. The van der Waals surface area contributed by atoms with Gasteiger partial charge in [0.25, 0.3) is 5.69 Å². The van der Waals surface area contributed by atoms with Crippen LogP contribution < -0.4 is 4.74 Å². The van der Waals surface area contributed by atoms with Crippen LogP contribution in [0, 0.1) is 17.0 Å². The van der Waals surface area contributed by atoms with Crippen molar-refractivity contribution in [3.05, 3.63) is 80.6 Å².